The van der Waals surface area contributed by atoms with Gasteiger partial charge in [0.2, 0.25) is 0 Å². The Hall–Kier alpha value is -3.34. The first-order valence-electron chi connectivity index (χ1n) is 9.02. The van der Waals surface area contributed by atoms with Crippen LogP contribution in [0.2, 0.25) is 0 Å². The minimum atomic E-state index is -0.0912. The third-order valence-electron chi connectivity index (χ3n) is 4.60. The molecule has 0 saturated carbocycles. The summed E-state index contributed by atoms with van der Waals surface area (Å²) in [6.07, 6.45) is 3.32. The summed E-state index contributed by atoms with van der Waals surface area (Å²) in [7, 11) is 0. The Morgan fingerprint density at radius 1 is 1.00 bits per heavy atom. The van der Waals surface area contributed by atoms with Crippen LogP contribution in [-0.4, -0.2) is 35.6 Å². The van der Waals surface area contributed by atoms with Crippen LogP contribution >= 0.6 is 0 Å². The molecule has 5 heteroatoms. The fourth-order valence-electron chi connectivity index (χ4n) is 3.07. The fraction of sp³-hybridized carbons (Fsp3) is 0.182. The van der Waals surface area contributed by atoms with Crippen molar-refractivity contribution in [2.45, 2.75) is 0 Å². The Kier molecular flexibility index (Phi) is 5.01. The molecule has 3 aromatic rings. The maximum absolute atomic E-state index is 12.1. The second-order valence-electron chi connectivity index (χ2n) is 6.64. The first kappa shape index (κ1) is 17.1. The average Bonchev–Trinajstić information content (AvgIpc) is 2.69. The van der Waals surface area contributed by atoms with Crippen LogP contribution in [-0.2, 0) is 0 Å². The van der Waals surface area contributed by atoms with Crippen molar-refractivity contribution in [2.75, 3.05) is 25.0 Å². The molecule has 1 N–H and O–H groups in total. The van der Waals surface area contributed by atoms with Crippen LogP contribution < -0.4 is 10.1 Å². The number of pyridine rings is 1. The molecule has 1 aliphatic rings. The lowest BCUT2D eigenvalue weighted by molar-refractivity contribution is 0.0925. The molecule has 136 valence electrons. The molecule has 0 radical (unpaired) electrons. The monoisotopic (exact) mass is 359 g/mol. The lowest BCUT2D eigenvalue weighted by Gasteiger charge is -2.38. The Morgan fingerprint density at radius 2 is 1.74 bits per heavy atom. The SMILES string of the molecule is O=C(Nc1cccnc1)N1CC(COc2ccc(-c3ccccc3)cc2)C1. The summed E-state index contributed by atoms with van der Waals surface area (Å²) >= 11 is 0. The zero-order valence-corrected chi connectivity index (χ0v) is 14.9. The predicted molar refractivity (Wildman–Crippen MR) is 106 cm³/mol. The lowest BCUT2D eigenvalue weighted by Crippen LogP contribution is -2.53. The number of benzene rings is 2. The van der Waals surface area contributed by atoms with Crippen molar-refractivity contribution in [3.05, 3.63) is 79.1 Å². The topological polar surface area (TPSA) is 54.5 Å². The van der Waals surface area contributed by atoms with Gasteiger partial charge in [-0.05, 0) is 35.4 Å². The maximum Gasteiger partial charge on any atom is 0.321 e. The van der Waals surface area contributed by atoms with Crippen LogP contribution in [0, 0.1) is 5.92 Å². The molecule has 1 aromatic heterocycles. The van der Waals surface area contributed by atoms with Crippen molar-refractivity contribution in [3.63, 3.8) is 0 Å². The molecule has 0 atom stereocenters. The van der Waals surface area contributed by atoms with E-state index >= 15 is 0 Å². The molecule has 1 saturated heterocycles. The molecule has 2 amide bonds. The summed E-state index contributed by atoms with van der Waals surface area (Å²) in [6, 6.07) is 21.9. The van der Waals surface area contributed by atoms with Crippen molar-refractivity contribution in [2.24, 2.45) is 5.92 Å². The van der Waals surface area contributed by atoms with Crippen LogP contribution in [0.1, 0.15) is 0 Å². The van der Waals surface area contributed by atoms with Gasteiger partial charge in [-0.25, -0.2) is 4.79 Å². The number of nitrogens with zero attached hydrogens (tertiary/aromatic N) is 2. The molecular weight excluding hydrogens is 338 g/mol. The Labute approximate surface area is 158 Å². The first-order valence-corrected chi connectivity index (χ1v) is 9.02. The molecule has 0 aliphatic carbocycles. The van der Waals surface area contributed by atoms with Gasteiger partial charge in [-0.3, -0.25) is 4.98 Å². The number of nitrogens with one attached hydrogen (secondary N) is 1. The summed E-state index contributed by atoms with van der Waals surface area (Å²) < 4.78 is 5.88. The van der Waals surface area contributed by atoms with Gasteiger partial charge in [0.1, 0.15) is 5.75 Å². The third kappa shape index (κ3) is 4.26. The summed E-state index contributed by atoms with van der Waals surface area (Å²) in [5, 5.41) is 2.84. The highest BCUT2D eigenvalue weighted by Crippen LogP contribution is 2.23. The standard InChI is InChI=1S/C22H21N3O2/c26-22(24-20-7-4-12-23-13-20)25-14-17(15-25)16-27-21-10-8-19(9-11-21)18-5-2-1-3-6-18/h1-13,17H,14-16H2,(H,24,26). The van der Waals surface area contributed by atoms with Gasteiger partial charge in [0, 0.05) is 25.2 Å². The van der Waals surface area contributed by atoms with E-state index in [1.165, 1.54) is 11.1 Å². The van der Waals surface area contributed by atoms with E-state index in [0.29, 0.717) is 31.3 Å². The zero-order valence-electron chi connectivity index (χ0n) is 14.9. The third-order valence-corrected chi connectivity index (χ3v) is 4.60. The highest BCUT2D eigenvalue weighted by molar-refractivity contribution is 5.89. The largest absolute Gasteiger partial charge is 0.493 e. The minimum absolute atomic E-state index is 0.0912. The van der Waals surface area contributed by atoms with E-state index in [9.17, 15) is 4.79 Å². The van der Waals surface area contributed by atoms with Gasteiger partial charge in [-0.1, -0.05) is 42.5 Å². The summed E-state index contributed by atoms with van der Waals surface area (Å²) in [5.74, 6) is 1.21. The predicted octanol–water partition coefficient (Wildman–Crippen LogP) is 4.29. The number of ether oxygens (including phenoxy) is 1. The van der Waals surface area contributed by atoms with E-state index in [1.807, 2.05) is 36.4 Å². The van der Waals surface area contributed by atoms with Crippen molar-refractivity contribution < 1.29 is 9.53 Å². The molecule has 0 spiro atoms. The van der Waals surface area contributed by atoms with Crippen molar-refractivity contribution in [3.8, 4) is 16.9 Å². The summed E-state index contributed by atoms with van der Waals surface area (Å²) in [5.41, 5.74) is 3.07. The Morgan fingerprint density at radius 3 is 2.44 bits per heavy atom. The number of rotatable bonds is 5. The van der Waals surface area contributed by atoms with Crippen LogP contribution in [0.15, 0.2) is 79.1 Å². The van der Waals surface area contributed by atoms with Gasteiger partial charge >= 0.3 is 6.03 Å². The second kappa shape index (κ2) is 7.91. The van der Waals surface area contributed by atoms with Crippen molar-refractivity contribution in [1.82, 2.24) is 9.88 Å². The smallest absolute Gasteiger partial charge is 0.321 e. The minimum Gasteiger partial charge on any atom is -0.493 e. The normalized spacial score (nSPS) is 13.7. The Bertz CT molecular complexity index is 876. The van der Waals surface area contributed by atoms with Crippen LogP contribution in [0.4, 0.5) is 10.5 Å². The molecule has 5 nitrogen and oxygen atoms in total. The number of hydrogen-bond donors (Lipinski definition) is 1. The second-order valence-corrected chi connectivity index (χ2v) is 6.64. The summed E-state index contributed by atoms with van der Waals surface area (Å²) in [4.78, 5) is 17.9. The number of likely N-dealkylation sites (tertiary alicyclic amines) is 1. The molecule has 2 heterocycles. The van der Waals surface area contributed by atoms with Crippen LogP contribution in [0.5, 0.6) is 5.75 Å². The van der Waals surface area contributed by atoms with E-state index in [4.69, 9.17) is 4.74 Å². The number of aromatic nitrogens is 1. The number of urea groups is 1. The molecule has 0 bridgehead atoms. The van der Waals surface area contributed by atoms with Gasteiger partial charge in [-0.2, -0.15) is 0 Å². The molecule has 1 aliphatic heterocycles. The fourth-order valence-corrected chi connectivity index (χ4v) is 3.07. The molecular formula is C22H21N3O2. The quantitative estimate of drug-likeness (QED) is 0.739. The zero-order chi connectivity index (χ0) is 18.5. The van der Waals surface area contributed by atoms with Gasteiger partial charge in [-0.15, -0.1) is 0 Å². The first-order chi connectivity index (χ1) is 13.3. The van der Waals surface area contributed by atoms with Gasteiger partial charge in [0.15, 0.2) is 0 Å². The van der Waals surface area contributed by atoms with E-state index in [0.717, 1.165) is 5.75 Å². The number of carbonyl (C=O) groups excluding carboxylic acids is 1. The lowest BCUT2D eigenvalue weighted by atomic mass is 10.0. The molecule has 0 unspecified atom stereocenters. The number of anilines is 1. The van der Waals surface area contributed by atoms with E-state index in [1.54, 1.807) is 23.4 Å². The highest BCUT2D eigenvalue weighted by Gasteiger charge is 2.31. The number of carbonyl (C=O) groups is 1. The van der Waals surface area contributed by atoms with Crippen molar-refractivity contribution >= 4 is 11.7 Å². The van der Waals surface area contributed by atoms with Crippen LogP contribution in [0.25, 0.3) is 11.1 Å². The number of hydrogen-bond acceptors (Lipinski definition) is 3. The van der Waals surface area contributed by atoms with E-state index in [-0.39, 0.29) is 6.03 Å². The number of amides is 2. The van der Waals surface area contributed by atoms with Gasteiger partial charge < -0.3 is 15.0 Å². The summed E-state index contributed by atoms with van der Waals surface area (Å²) in [6.45, 7) is 2.02. The molecule has 1 fully saturated rings. The van der Waals surface area contributed by atoms with Crippen molar-refractivity contribution in [1.29, 1.82) is 0 Å². The van der Waals surface area contributed by atoms with E-state index in [2.05, 4.69) is 34.6 Å². The van der Waals surface area contributed by atoms with Crippen LogP contribution in [0.3, 0.4) is 0 Å². The van der Waals surface area contributed by atoms with Gasteiger partial charge in [0.05, 0.1) is 18.5 Å². The molecule has 4 rings (SSSR count). The molecule has 2 aromatic carbocycles. The van der Waals surface area contributed by atoms with E-state index < -0.39 is 0 Å². The highest BCUT2D eigenvalue weighted by atomic mass is 16.5. The average molecular weight is 359 g/mol. The van der Waals surface area contributed by atoms with Gasteiger partial charge in [0.25, 0.3) is 0 Å². The maximum atomic E-state index is 12.1. The molecule has 27 heavy (non-hydrogen) atoms. The Balaban J connectivity index is 1.22.